The van der Waals surface area contributed by atoms with E-state index in [0.29, 0.717) is 12.1 Å². The number of amides is 1. The molecule has 0 aliphatic carbocycles. The molecule has 3 rings (SSSR count). The van der Waals surface area contributed by atoms with Gasteiger partial charge in [0, 0.05) is 24.6 Å². The molecule has 5 nitrogen and oxygen atoms in total. The summed E-state index contributed by atoms with van der Waals surface area (Å²) in [7, 11) is 0. The van der Waals surface area contributed by atoms with Crippen molar-refractivity contribution < 1.29 is 9.18 Å². The first-order valence-electron chi connectivity index (χ1n) is 8.30. The first-order valence-corrected chi connectivity index (χ1v) is 8.30. The number of rotatable bonds is 5. The maximum absolute atomic E-state index is 13.7. The van der Waals surface area contributed by atoms with Gasteiger partial charge in [0.1, 0.15) is 5.82 Å². The second-order valence-corrected chi connectivity index (χ2v) is 5.79. The Morgan fingerprint density at radius 3 is 2.50 bits per heavy atom. The summed E-state index contributed by atoms with van der Waals surface area (Å²) < 4.78 is 13.7. The minimum atomic E-state index is -0.396. The zero-order valence-corrected chi connectivity index (χ0v) is 14.6. The SMILES string of the molecule is CCN(C(=O)c1cnc(Nc2ccccc2F)nc1)c1cccc(C)c1. The second kappa shape index (κ2) is 7.74. The van der Waals surface area contributed by atoms with Gasteiger partial charge in [0.2, 0.25) is 5.95 Å². The van der Waals surface area contributed by atoms with Crippen LogP contribution in [0.2, 0.25) is 0 Å². The lowest BCUT2D eigenvalue weighted by Gasteiger charge is -2.21. The maximum Gasteiger partial charge on any atom is 0.261 e. The zero-order valence-electron chi connectivity index (χ0n) is 14.6. The molecule has 1 heterocycles. The van der Waals surface area contributed by atoms with Gasteiger partial charge in [-0.2, -0.15) is 0 Å². The van der Waals surface area contributed by atoms with Crippen LogP contribution in [0.5, 0.6) is 0 Å². The van der Waals surface area contributed by atoms with Crippen molar-refractivity contribution in [2.45, 2.75) is 13.8 Å². The third-order valence-corrected chi connectivity index (χ3v) is 3.89. The predicted molar refractivity (Wildman–Crippen MR) is 100 cm³/mol. The van der Waals surface area contributed by atoms with E-state index in [2.05, 4.69) is 15.3 Å². The molecule has 0 saturated heterocycles. The Hall–Kier alpha value is -3.28. The number of para-hydroxylation sites is 1. The van der Waals surface area contributed by atoms with Crippen LogP contribution >= 0.6 is 0 Å². The van der Waals surface area contributed by atoms with Crippen LogP contribution in [0.1, 0.15) is 22.8 Å². The molecule has 26 heavy (non-hydrogen) atoms. The summed E-state index contributed by atoms with van der Waals surface area (Å²) in [6, 6.07) is 14.0. The Morgan fingerprint density at radius 1 is 1.12 bits per heavy atom. The Labute approximate surface area is 151 Å². The number of benzene rings is 2. The van der Waals surface area contributed by atoms with Crippen LogP contribution in [0.3, 0.4) is 0 Å². The topological polar surface area (TPSA) is 58.1 Å². The lowest BCUT2D eigenvalue weighted by atomic mass is 10.2. The van der Waals surface area contributed by atoms with Crippen molar-refractivity contribution in [2.24, 2.45) is 0 Å². The predicted octanol–water partition coefficient (Wildman–Crippen LogP) is 4.33. The molecule has 132 valence electrons. The number of carbonyl (C=O) groups is 1. The van der Waals surface area contributed by atoms with E-state index >= 15 is 0 Å². The monoisotopic (exact) mass is 350 g/mol. The molecule has 0 aliphatic heterocycles. The van der Waals surface area contributed by atoms with Gasteiger partial charge >= 0.3 is 0 Å². The van der Waals surface area contributed by atoms with Crippen molar-refractivity contribution in [1.82, 2.24) is 9.97 Å². The summed E-state index contributed by atoms with van der Waals surface area (Å²) in [5.74, 6) is -0.353. The van der Waals surface area contributed by atoms with Gasteiger partial charge in [0.15, 0.2) is 0 Å². The Bertz CT molecular complexity index is 912. The molecular formula is C20H19FN4O. The van der Waals surface area contributed by atoms with Gasteiger partial charge < -0.3 is 10.2 Å². The van der Waals surface area contributed by atoms with E-state index in [9.17, 15) is 9.18 Å². The van der Waals surface area contributed by atoms with Crippen LogP contribution in [0.15, 0.2) is 60.9 Å². The highest BCUT2D eigenvalue weighted by Gasteiger charge is 2.17. The number of carbonyl (C=O) groups excluding carboxylic acids is 1. The minimum Gasteiger partial charge on any atom is -0.322 e. The summed E-state index contributed by atoms with van der Waals surface area (Å²) in [4.78, 5) is 22.7. The normalized spacial score (nSPS) is 10.4. The molecule has 1 amide bonds. The van der Waals surface area contributed by atoms with Crippen LogP contribution in [0.25, 0.3) is 0 Å². The quantitative estimate of drug-likeness (QED) is 0.744. The van der Waals surface area contributed by atoms with Gasteiger partial charge in [-0.05, 0) is 43.7 Å². The molecule has 0 spiro atoms. The van der Waals surface area contributed by atoms with Crippen molar-refractivity contribution in [3.05, 3.63) is 77.9 Å². The molecule has 0 unspecified atom stereocenters. The van der Waals surface area contributed by atoms with Gasteiger partial charge in [-0.1, -0.05) is 24.3 Å². The number of hydrogen-bond donors (Lipinski definition) is 1. The largest absolute Gasteiger partial charge is 0.322 e. The van der Waals surface area contributed by atoms with E-state index in [4.69, 9.17) is 0 Å². The van der Waals surface area contributed by atoms with Crippen molar-refractivity contribution >= 4 is 23.2 Å². The van der Waals surface area contributed by atoms with Gasteiger partial charge in [-0.15, -0.1) is 0 Å². The van der Waals surface area contributed by atoms with Gasteiger partial charge in [0.25, 0.3) is 5.91 Å². The van der Waals surface area contributed by atoms with E-state index < -0.39 is 5.82 Å². The number of halogens is 1. The van der Waals surface area contributed by atoms with E-state index in [0.717, 1.165) is 11.3 Å². The van der Waals surface area contributed by atoms with E-state index in [1.54, 1.807) is 23.1 Å². The number of aromatic nitrogens is 2. The molecule has 1 aromatic heterocycles. The number of nitrogens with zero attached hydrogens (tertiary/aromatic N) is 3. The average Bonchev–Trinajstić information content (AvgIpc) is 2.65. The molecule has 0 aliphatic rings. The van der Waals surface area contributed by atoms with Crippen molar-refractivity contribution in [1.29, 1.82) is 0 Å². The fraction of sp³-hybridized carbons (Fsp3) is 0.150. The molecule has 3 aromatic rings. The molecule has 0 radical (unpaired) electrons. The van der Waals surface area contributed by atoms with Gasteiger partial charge in [-0.3, -0.25) is 4.79 Å². The highest BCUT2D eigenvalue weighted by Crippen LogP contribution is 2.19. The molecule has 2 aromatic carbocycles. The van der Waals surface area contributed by atoms with Gasteiger partial charge in [0.05, 0.1) is 11.3 Å². The van der Waals surface area contributed by atoms with E-state index in [-0.39, 0.29) is 17.5 Å². The second-order valence-electron chi connectivity index (χ2n) is 5.79. The van der Waals surface area contributed by atoms with Crippen LogP contribution in [-0.2, 0) is 0 Å². The summed E-state index contributed by atoms with van der Waals surface area (Å²) in [6.45, 7) is 4.42. The third-order valence-electron chi connectivity index (χ3n) is 3.89. The number of hydrogen-bond acceptors (Lipinski definition) is 4. The lowest BCUT2D eigenvalue weighted by molar-refractivity contribution is 0.0987. The van der Waals surface area contributed by atoms with Gasteiger partial charge in [-0.25, -0.2) is 14.4 Å². The van der Waals surface area contributed by atoms with E-state index in [1.807, 2.05) is 38.1 Å². The fourth-order valence-corrected chi connectivity index (χ4v) is 2.58. The molecule has 0 bridgehead atoms. The highest BCUT2D eigenvalue weighted by molar-refractivity contribution is 6.05. The standard InChI is InChI=1S/C20H19FN4O/c1-3-25(16-8-6-7-14(2)11-16)19(26)15-12-22-20(23-13-15)24-18-10-5-4-9-17(18)21/h4-13H,3H2,1-2H3,(H,22,23,24). The summed E-state index contributed by atoms with van der Waals surface area (Å²) in [5, 5.41) is 2.80. The van der Waals surface area contributed by atoms with Crippen LogP contribution < -0.4 is 10.2 Å². The summed E-state index contributed by atoms with van der Waals surface area (Å²) >= 11 is 0. The van der Waals surface area contributed by atoms with Crippen LogP contribution in [0.4, 0.5) is 21.7 Å². The van der Waals surface area contributed by atoms with Crippen molar-refractivity contribution in [3.63, 3.8) is 0 Å². The Morgan fingerprint density at radius 2 is 1.85 bits per heavy atom. The Balaban J connectivity index is 1.79. The van der Waals surface area contributed by atoms with Crippen molar-refractivity contribution in [3.8, 4) is 0 Å². The Kier molecular flexibility index (Phi) is 5.22. The summed E-state index contributed by atoms with van der Waals surface area (Å²) in [6.07, 6.45) is 2.88. The number of nitrogens with one attached hydrogen (secondary N) is 1. The van der Waals surface area contributed by atoms with Crippen LogP contribution in [0, 0.1) is 12.7 Å². The highest BCUT2D eigenvalue weighted by atomic mass is 19.1. The summed E-state index contributed by atoms with van der Waals surface area (Å²) in [5.41, 5.74) is 2.55. The molecular weight excluding hydrogens is 331 g/mol. The smallest absolute Gasteiger partial charge is 0.261 e. The zero-order chi connectivity index (χ0) is 18.5. The molecule has 0 saturated carbocycles. The maximum atomic E-state index is 13.7. The first-order chi connectivity index (χ1) is 12.6. The fourth-order valence-electron chi connectivity index (χ4n) is 2.58. The first kappa shape index (κ1) is 17.5. The number of anilines is 3. The molecule has 0 fully saturated rings. The lowest BCUT2D eigenvalue weighted by Crippen LogP contribution is -2.30. The number of aryl methyl sites for hydroxylation is 1. The average molecular weight is 350 g/mol. The molecule has 1 N–H and O–H groups in total. The van der Waals surface area contributed by atoms with Crippen LogP contribution in [-0.4, -0.2) is 22.4 Å². The van der Waals surface area contributed by atoms with Crippen molar-refractivity contribution in [2.75, 3.05) is 16.8 Å². The molecule has 0 atom stereocenters. The minimum absolute atomic E-state index is 0.185. The molecule has 6 heteroatoms. The third kappa shape index (κ3) is 3.85. The van der Waals surface area contributed by atoms with E-state index in [1.165, 1.54) is 18.5 Å².